The Morgan fingerprint density at radius 3 is 2.18 bits per heavy atom. The Labute approximate surface area is 201 Å². The minimum absolute atomic E-state index is 0.316. The molecule has 1 unspecified atom stereocenters. The predicted molar refractivity (Wildman–Crippen MR) is 134 cm³/mol. The van der Waals surface area contributed by atoms with E-state index in [0.29, 0.717) is 33.8 Å². The van der Waals surface area contributed by atoms with E-state index < -0.39 is 17.7 Å². The number of rotatable bonds is 6. The van der Waals surface area contributed by atoms with Crippen LogP contribution in [0.3, 0.4) is 0 Å². The summed E-state index contributed by atoms with van der Waals surface area (Å²) >= 11 is 0. The molecule has 6 heteroatoms. The van der Waals surface area contributed by atoms with Crippen molar-refractivity contribution in [2.45, 2.75) is 60.2 Å². The number of aromatic nitrogens is 1. The van der Waals surface area contributed by atoms with Gasteiger partial charge in [-0.05, 0) is 82.9 Å². The van der Waals surface area contributed by atoms with Crippen molar-refractivity contribution in [2.75, 3.05) is 5.32 Å². The summed E-state index contributed by atoms with van der Waals surface area (Å²) in [6.45, 7) is 13.1. The van der Waals surface area contributed by atoms with Gasteiger partial charge in [0.05, 0.1) is 5.60 Å². The number of ether oxygens (including phenoxy) is 1. The van der Waals surface area contributed by atoms with E-state index in [1.807, 2.05) is 65.8 Å². The number of benzene rings is 2. The highest BCUT2D eigenvalue weighted by molar-refractivity contribution is 6.04. The van der Waals surface area contributed by atoms with E-state index in [1.165, 1.54) is 0 Å². The number of hydrogen-bond acceptors (Lipinski definition) is 4. The molecule has 0 saturated heterocycles. The first-order valence-corrected chi connectivity index (χ1v) is 11.2. The van der Waals surface area contributed by atoms with Gasteiger partial charge in [0.1, 0.15) is 5.82 Å². The van der Waals surface area contributed by atoms with Crippen LogP contribution in [0.2, 0.25) is 0 Å². The van der Waals surface area contributed by atoms with Crippen molar-refractivity contribution < 1.29 is 19.4 Å². The predicted octanol–water partition coefficient (Wildman–Crippen LogP) is 6.18. The molecule has 0 aliphatic rings. The molecule has 178 valence electrons. The van der Waals surface area contributed by atoms with E-state index in [9.17, 15) is 14.7 Å². The number of nitrogens with zero attached hydrogens (tertiary/aromatic N) is 1. The quantitative estimate of drug-likeness (QED) is 0.459. The molecule has 1 atom stereocenters. The maximum atomic E-state index is 12.9. The number of carbonyl (C=O) groups is 2. The first kappa shape index (κ1) is 25.1. The Bertz CT molecular complexity index is 1230. The number of carbonyl (C=O) groups excluding carboxylic acids is 1. The molecule has 34 heavy (non-hydrogen) atoms. The summed E-state index contributed by atoms with van der Waals surface area (Å²) in [7, 11) is 0. The van der Waals surface area contributed by atoms with Gasteiger partial charge in [-0.25, -0.2) is 9.78 Å². The van der Waals surface area contributed by atoms with Gasteiger partial charge in [0, 0.05) is 22.4 Å². The highest BCUT2D eigenvalue weighted by Crippen LogP contribution is 2.39. The van der Waals surface area contributed by atoms with Crippen LogP contribution < -0.4 is 5.32 Å². The molecule has 0 bridgehead atoms. The first-order valence-electron chi connectivity index (χ1n) is 11.2. The molecular weight excluding hydrogens is 428 g/mol. The highest BCUT2D eigenvalue weighted by Gasteiger charge is 2.33. The van der Waals surface area contributed by atoms with Crippen molar-refractivity contribution in [3.63, 3.8) is 0 Å². The summed E-state index contributed by atoms with van der Waals surface area (Å²) in [6.07, 6.45) is -1.24. The third-order valence-corrected chi connectivity index (χ3v) is 5.69. The van der Waals surface area contributed by atoms with Crippen molar-refractivity contribution in [3.05, 3.63) is 82.0 Å². The molecule has 0 radical (unpaired) electrons. The van der Waals surface area contributed by atoms with Crippen LogP contribution in [0.4, 0.5) is 5.82 Å². The Morgan fingerprint density at radius 2 is 1.62 bits per heavy atom. The van der Waals surface area contributed by atoms with E-state index in [4.69, 9.17) is 4.74 Å². The van der Waals surface area contributed by atoms with Gasteiger partial charge in [-0.15, -0.1) is 0 Å². The van der Waals surface area contributed by atoms with Gasteiger partial charge in [0.15, 0.2) is 6.10 Å². The molecule has 3 aromatic rings. The topological polar surface area (TPSA) is 88.5 Å². The molecule has 1 aromatic heterocycles. The Hall–Kier alpha value is -3.51. The number of amides is 1. The molecule has 0 aliphatic carbocycles. The van der Waals surface area contributed by atoms with Gasteiger partial charge in [-0.3, -0.25) is 4.79 Å². The SMILES string of the molecule is Cc1ccc(-c2c(C)nc(NC(=O)c3ccccc3)c(C)c2C(OC(C)(C)C)C(=O)O)cc1C. The molecular formula is C28H32N2O4. The molecule has 1 amide bonds. The van der Waals surface area contributed by atoms with Gasteiger partial charge in [0.2, 0.25) is 0 Å². The fourth-order valence-electron chi connectivity index (χ4n) is 3.88. The lowest BCUT2D eigenvalue weighted by atomic mass is 9.89. The standard InChI is InChI=1S/C28H32N2O4/c1-16-13-14-21(15-17(16)2)23-19(4)29-25(30-26(31)20-11-9-8-10-12-20)18(3)22(23)24(27(32)33)34-28(5,6)7/h8-15,24H,1-7H3,(H,32,33)(H,29,30,31). The first-order chi connectivity index (χ1) is 15.9. The number of carboxylic acid groups (broad SMARTS) is 1. The number of carboxylic acids is 1. The second-order valence-electron chi connectivity index (χ2n) is 9.53. The Morgan fingerprint density at radius 1 is 0.971 bits per heavy atom. The summed E-state index contributed by atoms with van der Waals surface area (Å²) in [5, 5.41) is 13.1. The van der Waals surface area contributed by atoms with E-state index in [2.05, 4.69) is 10.3 Å². The van der Waals surface area contributed by atoms with Crippen LogP contribution in [0.15, 0.2) is 48.5 Å². The molecule has 2 aromatic carbocycles. The third-order valence-electron chi connectivity index (χ3n) is 5.69. The van der Waals surface area contributed by atoms with E-state index in [-0.39, 0.29) is 5.91 Å². The average molecular weight is 461 g/mol. The lowest BCUT2D eigenvalue weighted by molar-refractivity contribution is -0.160. The van der Waals surface area contributed by atoms with Crippen LogP contribution in [0.25, 0.3) is 11.1 Å². The molecule has 0 fully saturated rings. The minimum Gasteiger partial charge on any atom is -0.479 e. The monoisotopic (exact) mass is 460 g/mol. The van der Waals surface area contributed by atoms with Gasteiger partial charge >= 0.3 is 5.97 Å². The zero-order chi connectivity index (χ0) is 25.2. The summed E-state index contributed by atoms with van der Waals surface area (Å²) < 4.78 is 6.04. The lowest BCUT2D eigenvalue weighted by Gasteiger charge is -2.29. The molecule has 1 heterocycles. The highest BCUT2D eigenvalue weighted by atomic mass is 16.5. The van der Waals surface area contributed by atoms with Crippen molar-refractivity contribution in [1.29, 1.82) is 0 Å². The van der Waals surface area contributed by atoms with Gasteiger partial charge in [-0.2, -0.15) is 0 Å². The molecule has 0 spiro atoms. The fraction of sp³-hybridized carbons (Fsp3) is 0.321. The Balaban J connectivity index is 2.25. The van der Waals surface area contributed by atoms with Gasteiger partial charge in [0.25, 0.3) is 5.91 Å². The van der Waals surface area contributed by atoms with Crippen LogP contribution in [0, 0.1) is 27.7 Å². The number of pyridine rings is 1. The second kappa shape index (κ2) is 9.77. The number of aryl methyl sites for hydroxylation is 3. The lowest BCUT2D eigenvalue weighted by Crippen LogP contribution is -2.29. The zero-order valence-electron chi connectivity index (χ0n) is 20.8. The van der Waals surface area contributed by atoms with Crippen LogP contribution >= 0.6 is 0 Å². The molecule has 0 aliphatic heterocycles. The van der Waals surface area contributed by atoms with Gasteiger partial charge < -0.3 is 15.2 Å². The Kier molecular flexibility index (Phi) is 7.22. The maximum absolute atomic E-state index is 12.9. The van der Waals surface area contributed by atoms with Gasteiger partial charge in [-0.1, -0.05) is 36.4 Å². The van der Waals surface area contributed by atoms with Crippen molar-refractivity contribution in [1.82, 2.24) is 4.98 Å². The third kappa shape index (κ3) is 5.51. The summed E-state index contributed by atoms with van der Waals surface area (Å²) in [5.74, 6) is -1.10. The smallest absolute Gasteiger partial charge is 0.337 e. The molecule has 0 saturated carbocycles. The van der Waals surface area contributed by atoms with Crippen molar-refractivity contribution in [2.24, 2.45) is 0 Å². The zero-order valence-corrected chi connectivity index (χ0v) is 20.8. The summed E-state index contributed by atoms with van der Waals surface area (Å²) in [5.41, 5.74) is 5.22. The number of anilines is 1. The average Bonchev–Trinajstić information content (AvgIpc) is 2.76. The molecule has 2 N–H and O–H groups in total. The number of hydrogen-bond donors (Lipinski definition) is 2. The van der Waals surface area contributed by atoms with E-state index in [0.717, 1.165) is 16.7 Å². The second-order valence-corrected chi connectivity index (χ2v) is 9.53. The van der Waals surface area contributed by atoms with Crippen molar-refractivity contribution >= 4 is 17.7 Å². The summed E-state index contributed by atoms with van der Waals surface area (Å²) in [6, 6.07) is 14.8. The van der Waals surface area contributed by atoms with Crippen LogP contribution in [-0.4, -0.2) is 27.6 Å². The molecule has 6 nitrogen and oxygen atoms in total. The van der Waals surface area contributed by atoms with Crippen LogP contribution in [0.5, 0.6) is 0 Å². The van der Waals surface area contributed by atoms with E-state index >= 15 is 0 Å². The van der Waals surface area contributed by atoms with Crippen LogP contribution in [0.1, 0.15) is 65.2 Å². The minimum atomic E-state index is -1.24. The molecule has 3 rings (SSSR count). The summed E-state index contributed by atoms with van der Waals surface area (Å²) in [4.78, 5) is 30.0. The number of aliphatic carboxylic acids is 1. The maximum Gasteiger partial charge on any atom is 0.337 e. The number of nitrogens with one attached hydrogen (secondary N) is 1. The van der Waals surface area contributed by atoms with Crippen molar-refractivity contribution in [3.8, 4) is 11.1 Å². The largest absolute Gasteiger partial charge is 0.479 e. The normalized spacial score (nSPS) is 12.3. The fourth-order valence-corrected chi connectivity index (χ4v) is 3.88. The van der Waals surface area contributed by atoms with E-state index in [1.54, 1.807) is 31.2 Å². The van der Waals surface area contributed by atoms with Crippen LogP contribution in [-0.2, 0) is 9.53 Å².